The molecule has 0 radical (unpaired) electrons. The molecule has 0 aliphatic rings. The van der Waals surface area contributed by atoms with Crippen LogP contribution in [0.5, 0.6) is 0 Å². The van der Waals surface area contributed by atoms with E-state index >= 15 is 0 Å². The third kappa shape index (κ3) is 3.08. The second-order valence-electron chi connectivity index (χ2n) is 6.25. The normalized spacial score (nSPS) is 14.0. The minimum Gasteiger partial charge on any atom is -0.394 e. The van der Waals surface area contributed by atoms with Crippen LogP contribution in [0, 0.1) is 6.92 Å². The summed E-state index contributed by atoms with van der Waals surface area (Å²) in [6, 6.07) is -0.501. The van der Waals surface area contributed by atoms with Crippen molar-refractivity contribution in [3.05, 3.63) is 30.1 Å². The zero-order valence-electron chi connectivity index (χ0n) is 14.8. The molecule has 0 amide bonds. The first-order chi connectivity index (χ1) is 11.9. The molecule has 0 spiro atoms. The number of anilines is 1. The van der Waals surface area contributed by atoms with Gasteiger partial charge in [0.2, 0.25) is 0 Å². The Morgan fingerprint density at radius 1 is 1.28 bits per heavy atom. The Kier molecular flexibility index (Phi) is 4.69. The van der Waals surface area contributed by atoms with Gasteiger partial charge in [-0.3, -0.25) is 4.68 Å². The summed E-state index contributed by atoms with van der Waals surface area (Å²) in [5.74, 6) is 0.689. The maximum absolute atomic E-state index is 9.88. The number of fused-ring (bicyclic) bond motifs is 1. The number of aliphatic hydroxyl groups excluding tert-OH is 2. The van der Waals surface area contributed by atoms with Gasteiger partial charge in [0.15, 0.2) is 17.0 Å². The molecule has 3 aromatic rings. The van der Waals surface area contributed by atoms with E-state index < -0.39 is 12.1 Å². The maximum atomic E-state index is 9.88. The van der Waals surface area contributed by atoms with Crippen LogP contribution in [0.4, 0.5) is 5.82 Å². The smallest absolute Gasteiger partial charge is 0.165 e. The number of aromatic nitrogens is 6. The van der Waals surface area contributed by atoms with Gasteiger partial charge in [0.25, 0.3) is 0 Å². The van der Waals surface area contributed by atoms with Crippen LogP contribution in [0.15, 0.2) is 18.9 Å². The molecule has 0 saturated carbocycles. The lowest BCUT2D eigenvalue weighted by Crippen LogP contribution is -2.24. The highest BCUT2D eigenvalue weighted by Gasteiger charge is 2.22. The molecule has 3 heterocycles. The topological polar surface area (TPSA) is 105 Å². The molecule has 0 aliphatic heterocycles. The molecule has 0 fully saturated rings. The Balaban J connectivity index is 1.97. The van der Waals surface area contributed by atoms with Crippen LogP contribution in [0.1, 0.15) is 24.2 Å². The van der Waals surface area contributed by atoms with Crippen molar-refractivity contribution >= 4 is 17.0 Å². The van der Waals surface area contributed by atoms with Gasteiger partial charge in [-0.1, -0.05) is 0 Å². The molecule has 0 saturated heterocycles. The van der Waals surface area contributed by atoms with Crippen molar-refractivity contribution in [1.82, 2.24) is 29.3 Å². The Bertz CT molecular complexity index is 871. The molecule has 3 aromatic heterocycles. The predicted octanol–water partition coefficient (Wildman–Crippen LogP) is 0.419. The van der Waals surface area contributed by atoms with Gasteiger partial charge < -0.3 is 19.7 Å². The van der Waals surface area contributed by atoms with Crippen LogP contribution in [0.25, 0.3) is 11.2 Å². The summed E-state index contributed by atoms with van der Waals surface area (Å²) >= 11 is 0. The van der Waals surface area contributed by atoms with Crippen LogP contribution in [-0.4, -0.2) is 59.3 Å². The fraction of sp³-hybridized carbons (Fsp3) is 0.500. The summed E-state index contributed by atoms with van der Waals surface area (Å²) in [4.78, 5) is 15.1. The van der Waals surface area contributed by atoms with Crippen molar-refractivity contribution in [2.45, 2.75) is 32.5 Å². The van der Waals surface area contributed by atoms with Crippen molar-refractivity contribution in [2.75, 3.05) is 18.6 Å². The third-order valence-electron chi connectivity index (χ3n) is 4.55. The maximum Gasteiger partial charge on any atom is 0.165 e. The van der Waals surface area contributed by atoms with E-state index in [1.54, 1.807) is 17.8 Å². The van der Waals surface area contributed by atoms with Gasteiger partial charge in [-0.25, -0.2) is 15.0 Å². The van der Waals surface area contributed by atoms with E-state index in [0.29, 0.717) is 23.5 Å². The van der Waals surface area contributed by atoms with E-state index in [1.165, 1.54) is 6.33 Å². The van der Waals surface area contributed by atoms with Crippen LogP contribution in [0.2, 0.25) is 0 Å². The Morgan fingerprint density at radius 3 is 2.64 bits per heavy atom. The largest absolute Gasteiger partial charge is 0.394 e. The Morgan fingerprint density at radius 2 is 2.04 bits per heavy atom. The first kappa shape index (κ1) is 17.3. The Hall–Kier alpha value is -2.52. The molecular formula is C16H23N7O2. The molecule has 0 aromatic carbocycles. The van der Waals surface area contributed by atoms with E-state index in [1.807, 2.05) is 36.8 Å². The van der Waals surface area contributed by atoms with Crippen molar-refractivity contribution in [3.8, 4) is 0 Å². The second kappa shape index (κ2) is 6.77. The first-order valence-corrected chi connectivity index (χ1v) is 8.09. The number of imidazole rings is 1. The lowest BCUT2D eigenvalue weighted by Gasteiger charge is -2.20. The highest BCUT2D eigenvalue weighted by Crippen LogP contribution is 2.25. The van der Waals surface area contributed by atoms with Crippen LogP contribution >= 0.6 is 0 Å². The summed E-state index contributed by atoms with van der Waals surface area (Å²) in [5.41, 5.74) is 3.41. The number of rotatable bonds is 6. The molecule has 9 nitrogen and oxygen atoms in total. The predicted molar refractivity (Wildman–Crippen MR) is 93.2 cm³/mol. The Labute approximate surface area is 145 Å². The molecule has 9 heteroatoms. The van der Waals surface area contributed by atoms with E-state index in [2.05, 4.69) is 20.1 Å². The highest BCUT2D eigenvalue weighted by molar-refractivity contribution is 5.83. The number of hydrogen-bond donors (Lipinski definition) is 2. The number of aliphatic hydroxyl groups is 2. The number of hydrogen-bond acceptors (Lipinski definition) is 7. The van der Waals surface area contributed by atoms with Gasteiger partial charge in [-0.2, -0.15) is 5.10 Å². The van der Waals surface area contributed by atoms with Crippen molar-refractivity contribution < 1.29 is 10.2 Å². The third-order valence-corrected chi connectivity index (χ3v) is 4.55. The van der Waals surface area contributed by atoms with Gasteiger partial charge in [0, 0.05) is 31.9 Å². The van der Waals surface area contributed by atoms with Crippen LogP contribution in [0.3, 0.4) is 0 Å². The monoisotopic (exact) mass is 345 g/mol. The number of aryl methyl sites for hydroxylation is 1. The molecule has 0 bridgehead atoms. The fourth-order valence-electron chi connectivity index (χ4n) is 2.86. The molecule has 134 valence electrons. The fourth-order valence-corrected chi connectivity index (χ4v) is 2.86. The SMILES string of the molecule is Cc1c(CN(C)c2ncnc3c2ncn3[C@H](CO)[C@@H](C)O)cnn1C. The second-order valence-corrected chi connectivity index (χ2v) is 6.25. The molecule has 25 heavy (non-hydrogen) atoms. The average Bonchev–Trinajstić information content (AvgIpc) is 3.14. The zero-order valence-corrected chi connectivity index (χ0v) is 14.8. The van der Waals surface area contributed by atoms with Gasteiger partial charge in [0.1, 0.15) is 6.33 Å². The summed E-state index contributed by atoms with van der Waals surface area (Å²) in [6.07, 6.45) is 4.17. The standard InChI is InChI=1S/C16H23N7O2/c1-10-12(5-20-22(10)4)6-21(3)15-14-16(18-8-17-15)23(9-19-14)13(7-24)11(2)25/h5,8-9,11,13,24-25H,6-7H2,1-4H3/t11-,13-/m1/s1. The van der Waals surface area contributed by atoms with Crippen molar-refractivity contribution in [2.24, 2.45) is 7.05 Å². The van der Waals surface area contributed by atoms with Gasteiger partial charge in [-0.15, -0.1) is 0 Å². The molecular weight excluding hydrogens is 322 g/mol. The van der Waals surface area contributed by atoms with Crippen LogP contribution < -0.4 is 4.90 Å². The summed E-state index contributed by atoms with van der Waals surface area (Å²) in [5, 5.41) is 23.7. The van der Waals surface area contributed by atoms with E-state index in [9.17, 15) is 10.2 Å². The van der Waals surface area contributed by atoms with Crippen molar-refractivity contribution in [1.29, 1.82) is 0 Å². The lowest BCUT2D eigenvalue weighted by molar-refractivity contribution is 0.0885. The quantitative estimate of drug-likeness (QED) is 0.667. The van der Waals surface area contributed by atoms with E-state index in [4.69, 9.17) is 0 Å². The van der Waals surface area contributed by atoms with E-state index in [0.717, 1.165) is 11.3 Å². The van der Waals surface area contributed by atoms with Crippen LogP contribution in [-0.2, 0) is 13.6 Å². The molecule has 0 unspecified atom stereocenters. The minimum atomic E-state index is -0.725. The van der Waals surface area contributed by atoms with Gasteiger partial charge >= 0.3 is 0 Å². The van der Waals surface area contributed by atoms with Gasteiger partial charge in [-0.05, 0) is 13.8 Å². The zero-order chi connectivity index (χ0) is 18.1. The molecule has 3 rings (SSSR count). The van der Waals surface area contributed by atoms with Gasteiger partial charge in [0.05, 0.1) is 31.3 Å². The minimum absolute atomic E-state index is 0.201. The lowest BCUT2D eigenvalue weighted by atomic mass is 10.2. The number of nitrogens with zero attached hydrogens (tertiary/aromatic N) is 7. The molecule has 2 atom stereocenters. The first-order valence-electron chi connectivity index (χ1n) is 8.09. The molecule has 0 aliphatic carbocycles. The summed E-state index contributed by atoms with van der Waals surface area (Å²) in [6.45, 7) is 4.09. The summed E-state index contributed by atoms with van der Waals surface area (Å²) < 4.78 is 3.52. The highest BCUT2D eigenvalue weighted by atomic mass is 16.3. The van der Waals surface area contributed by atoms with Crippen molar-refractivity contribution in [3.63, 3.8) is 0 Å². The average molecular weight is 345 g/mol. The molecule has 2 N–H and O–H groups in total. The van der Waals surface area contributed by atoms with E-state index in [-0.39, 0.29) is 6.61 Å². The summed E-state index contributed by atoms with van der Waals surface area (Å²) in [7, 11) is 3.85.